The minimum absolute atomic E-state index is 0.114. The summed E-state index contributed by atoms with van der Waals surface area (Å²) in [7, 11) is 0. The van der Waals surface area contributed by atoms with E-state index in [0.29, 0.717) is 17.8 Å². The number of amides is 4. The zero-order chi connectivity index (χ0) is 21.4. The molecule has 6 nitrogen and oxygen atoms in total. The minimum Gasteiger partial charge on any atom is -0.335 e. The maximum atomic E-state index is 13.2. The monoisotopic (exact) mass is 397 g/mol. The van der Waals surface area contributed by atoms with Gasteiger partial charge in [-0.2, -0.15) is 0 Å². The molecule has 0 unspecified atom stereocenters. The molecular formula is C24H19N3O3. The van der Waals surface area contributed by atoms with Crippen LogP contribution in [0.1, 0.15) is 16.7 Å². The van der Waals surface area contributed by atoms with Gasteiger partial charge >= 0.3 is 6.03 Å². The normalized spacial score (nSPS) is 15.6. The van der Waals surface area contributed by atoms with Crippen molar-refractivity contribution in [1.82, 2.24) is 9.88 Å². The molecule has 1 N–H and O–H groups in total. The highest BCUT2D eigenvalue weighted by Gasteiger charge is 2.37. The highest BCUT2D eigenvalue weighted by molar-refractivity contribution is 6.39. The van der Waals surface area contributed by atoms with Crippen molar-refractivity contribution in [3.05, 3.63) is 70.9 Å². The van der Waals surface area contributed by atoms with Crippen LogP contribution in [-0.4, -0.2) is 22.4 Å². The molecule has 0 bridgehead atoms. The van der Waals surface area contributed by atoms with E-state index in [1.54, 1.807) is 18.3 Å². The number of rotatable bonds is 3. The van der Waals surface area contributed by atoms with E-state index < -0.39 is 17.8 Å². The molecule has 1 saturated heterocycles. The highest BCUT2D eigenvalue weighted by atomic mass is 16.2. The molecule has 6 heteroatoms. The number of hydrogen-bond acceptors (Lipinski definition) is 3. The summed E-state index contributed by atoms with van der Waals surface area (Å²) in [6.07, 6.45) is 8.77. The predicted octanol–water partition coefficient (Wildman–Crippen LogP) is 3.56. The highest BCUT2D eigenvalue weighted by Crippen LogP contribution is 2.27. The number of para-hydroxylation sites is 1. The molecule has 4 amide bonds. The van der Waals surface area contributed by atoms with Crippen molar-refractivity contribution in [1.29, 1.82) is 0 Å². The topological polar surface area (TPSA) is 71.4 Å². The molecule has 30 heavy (non-hydrogen) atoms. The van der Waals surface area contributed by atoms with Crippen LogP contribution in [0.5, 0.6) is 0 Å². The van der Waals surface area contributed by atoms with Crippen molar-refractivity contribution in [2.75, 3.05) is 4.90 Å². The first kappa shape index (κ1) is 19.2. The summed E-state index contributed by atoms with van der Waals surface area (Å²) < 4.78 is 1.87. The molecule has 0 saturated carbocycles. The number of nitrogens with one attached hydrogen (secondary N) is 1. The Morgan fingerprint density at radius 2 is 1.77 bits per heavy atom. The van der Waals surface area contributed by atoms with Crippen LogP contribution in [0.15, 0.2) is 54.2 Å². The van der Waals surface area contributed by atoms with Crippen LogP contribution in [0, 0.1) is 26.2 Å². The Balaban J connectivity index is 1.82. The fourth-order valence-corrected chi connectivity index (χ4v) is 3.75. The molecule has 1 fully saturated rings. The van der Waals surface area contributed by atoms with Gasteiger partial charge in [0.05, 0.1) is 12.2 Å². The molecule has 1 aliphatic heterocycles. The molecule has 0 aliphatic carbocycles. The predicted molar refractivity (Wildman–Crippen MR) is 116 cm³/mol. The lowest BCUT2D eigenvalue weighted by molar-refractivity contribution is -0.122. The van der Waals surface area contributed by atoms with Gasteiger partial charge in [0.15, 0.2) is 0 Å². The Morgan fingerprint density at radius 3 is 2.47 bits per heavy atom. The Bertz CT molecular complexity index is 1270. The van der Waals surface area contributed by atoms with E-state index >= 15 is 0 Å². The lowest BCUT2D eigenvalue weighted by atomic mass is 10.0. The van der Waals surface area contributed by atoms with Crippen LogP contribution >= 0.6 is 0 Å². The molecule has 3 aromatic rings. The number of carbonyl (C=O) groups is 3. The van der Waals surface area contributed by atoms with E-state index in [2.05, 4.69) is 11.2 Å². The number of terminal acetylenes is 1. The summed E-state index contributed by atoms with van der Waals surface area (Å²) in [5, 5.41) is 3.12. The quantitative estimate of drug-likeness (QED) is 0.417. The van der Waals surface area contributed by atoms with E-state index in [1.807, 2.05) is 48.7 Å². The Kier molecular flexibility index (Phi) is 4.72. The number of fused-ring (bicyclic) bond motifs is 1. The number of carbonyl (C=O) groups excluding carboxylic acids is 3. The summed E-state index contributed by atoms with van der Waals surface area (Å²) in [6.45, 7) is 4.12. The lowest BCUT2D eigenvalue weighted by Crippen LogP contribution is -2.54. The van der Waals surface area contributed by atoms with Crippen LogP contribution in [0.2, 0.25) is 0 Å². The standard InChI is InChI=1S/C24H19N3O3/c1-4-9-26-14-17(19-7-5-6-8-21(19)26)13-20-22(28)25-24(30)27(23(20)29)18-11-15(2)10-16(3)12-18/h1,5-8,10-14H,9H2,2-3H3,(H,25,28,30). The third kappa shape index (κ3) is 3.27. The maximum absolute atomic E-state index is 13.2. The molecule has 0 atom stereocenters. The number of anilines is 1. The first-order chi connectivity index (χ1) is 14.4. The fourth-order valence-electron chi connectivity index (χ4n) is 3.75. The minimum atomic E-state index is -0.762. The van der Waals surface area contributed by atoms with Crippen molar-refractivity contribution >= 4 is 40.5 Å². The smallest absolute Gasteiger partial charge is 0.335 e. The molecular weight excluding hydrogens is 378 g/mol. The molecule has 2 heterocycles. The molecule has 4 rings (SSSR count). The number of hydrogen-bond donors (Lipinski definition) is 1. The van der Waals surface area contributed by atoms with Crippen molar-refractivity contribution in [2.45, 2.75) is 20.4 Å². The largest absolute Gasteiger partial charge is 0.335 e. The number of benzene rings is 2. The van der Waals surface area contributed by atoms with Gasteiger partial charge in [0.25, 0.3) is 11.8 Å². The summed E-state index contributed by atoms with van der Waals surface area (Å²) in [4.78, 5) is 39.1. The zero-order valence-electron chi connectivity index (χ0n) is 16.6. The maximum Gasteiger partial charge on any atom is 0.335 e. The van der Waals surface area contributed by atoms with E-state index in [-0.39, 0.29) is 5.57 Å². The molecule has 0 radical (unpaired) electrons. The zero-order valence-corrected chi connectivity index (χ0v) is 16.6. The lowest BCUT2D eigenvalue weighted by Gasteiger charge is -2.26. The van der Waals surface area contributed by atoms with Gasteiger partial charge in [-0.1, -0.05) is 30.2 Å². The van der Waals surface area contributed by atoms with Crippen molar-refractivity contribution in [3.63, 3.8) is 0 Å². The summed E-state index contributed by atoms with van der Waals surface area (Å²) >= 11 is 0. The van der Waals surface area contributed by atoms with Gasteiger partial charge in [-0.05, 0) is 49.2 Å². The van der Waals surface area contributed by atoms with Crippen LogP contribution in [0.25, 0.3) is 17.0 Å². The third-order valence-corrected chi connectivity index (χ3v) is 4.95. The van der Waals surface area contributed by atoms with Gasteiger partial charge in [0.1, 0.15) is 5.57 Å². The average molecular weight is 397 g/mol. The summed E-state index contributed by atoms with van der Waals surface area (Å²) in [5.74, 6) is 1.21. The molecule has 1 aliphatic rings. The van der Waals surface area contributed by atoms with Gasteiger partial charge in [-0.25, -0.2) is 9.69 Å². The van der Waals surface area contributed by atoms with Gasteiger partial charge in [-0.15, -0.1) is 6.42 Å². The Morgan fingerprint density at radius 1 is 1.07 bits per heavy atom. The summed E-state index contributed by atoms with van der Waals surface area (Å²) in [5.41, 5.74) is 3.69. The van der Waals surface area contributed by atoms with Crippen molar-refractivity contribution in [3.8, 4) is 12.3 Å². The van der Waals surface area contributed by atoms with Crippen LogP contribution in [0.4, 0.5) is 10.5 Å². The fraction of sp³-hybridized carbons (Fsp3) is 0.125. The second-order valence-electron chi connectivity index (χ2n) is 7.24. The molecule has 0 spiro atoms. The first-order valence-corrected chi connectivity index (χ1v) is 9.40. The average Bonchev–Trinajstić information content (AvgIpc) is 3.02. The van der Waals surface area contributed by atoms with Crippen LogP contribution in [-0.2, 0) is 16.1 Å². The van der Waals surface area contributed by atoms with Gasteiger partial charge in [-0.3, -0.25) is 14.9 Å². The second-order valence-corrected chi connectivity index (χ2v) is 7.24. The third-order valence-electron chi connectivity index (χ3n) is 4.95. The number of urea groups is 1. The number of aromatic nitrogens is 1. The van der Waals surface area contributed by atoms with Crippen LogP contribution in [0.3, 0.4) is 0 Å². The second kappa shape index (κ2) is 7.37. The van der Waals surface area contributed by atoms with Crippen LogP contribution < -0.4 is 10.2 Å². The van der Waals surface area contributed by atoms with Crippen molar-refractivity contribution < 1.29 is 14.4 Å². The van der Waals surface area contributed by atoms with E-state index in [0.717, 1.165) is 26.9 Å². The molecule has 1 aromatic heterocycles. The van der Waals surface area contributed by atoms with Gasteiger partial charge < -0.3 is 4.57 Å². The van der Waals surface area contributed by atoms with E-state index in [1.165, 1.54) is 6.08 Å². The Hall–Kier alpha value is -4.11. The molecule has 148 valence electrons. The summed E-state index contributed by atoms with van der Waals surface area (Å²) in [6, 6.07) is 12.2. The SMILES string of the molecule is C#CCn1cc(C=C2C(=O)NC(=O)N(c3cc(C)cc(C)c3)C2=O)c2ccccc21. The Labute approximate surface area is 173 Å². The van der Waals surface area contributed by atoms with Gasteiger partial charge in [0, 0.05) is 22.7 Å². The van der Waals surface area contributed by atoms with Gasteiger partial charge in [0.2, 0.25) is 0 Å². The number of barbiturate groups is 1. The van der Waals surface area contributed by atoms with Crippen molar-refractivity contribution in [2.24, 2.45) is 0 Å². The number of nitrogens with zero attached hydrogens (tertiary/aromatic N) is 2. The van der Waals surface area contributed by atoms with E-state index in [9.17, 15) is 14.4 Å². The first-order valence-electron chi connectivity index (χ1n) is 9.40. The number of aryl methyl sites for hydroxylation is 2. The van der Waals surface area contributed by atoms with E-state index in [4.69, 9.17) is 6.42 Å². The molecule has 2 aromatic carbocycles. The number of imide groups is 2.